The van der Waals surface area contributed by atoms with Gasteiger partial charge in [-0.1, -0.05) is 57.8 Å². The first-order valence-electron chi connectivity index (χ1n) is 21.4. The van der Waals surface area contributed by atoms with Gasteiger partial charge in [0.05, 0.1) is 11.1 Å². The van der Waals surface area contributed by atoms with Crippen LogP contribution >= 0.6 is 22.7 Å². The van der Waals surface area contributed by atoms with Crippen LogP contribution in [0.2, 0.25) is 0 Å². The van der Waals surface area contributed by atoms with Crippen molar-refractivity contribution >= 4 is 58.0 Å². The summed E-state index contributed by atoms with van der Waals surface area (Å²) in [5.74, 6) is -6.87. The Morgan fingerprint density at radius 2 is 0.717 bits per heavy atom. The first-order chi connectivity index (χ1) is 29.0. The van der Waals surface area contributed by atoms with E-state index in [2.05, 4.69) is 12.2 Å². The predicted octanol–water partition coefficient (Wildman–Crippen LogP) is 12.8. The van der Waals surface area contributed by atoms with Gasteiger partial charge in [-0.2, -0.15) is 0 Å². The van der Waals surface area contributed by atoms with Gasteiger partial charge in [-0.3, -0.25) is 19.2 Å². The van der Waals surface area contributed by atoms with E-state index in [0.717, 1.165) is 132 Å². The molecule has 0 saturated heterocycles. The molecule has 10 heteroatoms. The van der Waals surface area contributed by atoms with Crippen LogP contribution in [0.25, 0.3) is 21.9 Å². The molecule has 3 fully saturated rings. The fraction of sp³-hybridized carbons (Fsp3) is 0.360. The average molecular weight is 843 g/mol. The zero-order chi connectivity index (χ0) is 41.0. The van der Waals surface area contributed by atoms with E-state index < -0.39 is 57.2 Å². The van der Waals surface area contributed by atoms with Gasteiger partial charge in [0.15, 0.2) is 46.4 Å². The Morgan fingerprint density at radius 1 is 0.417 bits per heavy atom. The number of carbonyl (C=O) groups is 4. The Kier molecular flexibility index (Phi) is 7.79. The van der Waals surface area contributed by atoms with Crippen molar-refractivity contribution in [2.45, 2.75) is 113 Å². The van der Waals surface area contributed by atoms with Crippen molar-refractivity contribution in [2.24, 2.45) is 0 Å². The molecule has 302 valence electrons. The van der Waals surface area contributed by atoms with Gasteiger partial charge in [-0.05, 0) is 120 Å². The number of thiophene rings is 2. The van der Waals surface area contributed by atoms with E-state index in [4.69, 9.17) is 0 Å². The van der Waals surface area contributed by atoms with Crippen molar-refractivity contribution in [2.75, 3.05) is 0 Å². The number of benzene rings is 2. The van der Waals surface area contributed by atoms with Crippen molar-refractivity contribution in [3.8, 4) is 9.75 Å². The number of carbonyl (C=O) groups excluding carboxylic acids is 4. The van der Waals surface area contributed by atoms with Gasteiger partial charge in [0.25, 0.3) is 0 Å². The van der Waals surface area contributed by atoms with E-state index >= 15 is 0 Å². The Balaban J connectivity index is 1.01. The molecule has 0 atom stereocenters. The molecule has 2 heterocycles. The van der Waals surface area contributed by atoms with E-state index in [1.165, 1.54) is 41.8 Å². The predicted molar refractivity (Wildman–Crippen MR) is 223 cm³/mol. The van der Waals surface area contributed by atoms with Crippen LogP contribution in [-0.4, -0.2) is 23.1 Å². The normalized spacial score (nSPS) is 22.3. The summed E-state index contributed by atoms with van der Waals surface area (Å²) < 4.78 is 57.2. The number of allylic oxidation sites excluding steroid dienone is 6. The molecule has 0 N–H and O–H groups in total. The minimum atomic E-state index is -1.15. The first kappa shape index (κ1) is 37.0. The largest absolute Gasteiger partial charge is 0.288 e. The SMILES string of the molecule is O=C1C(=CC2=Cc3sc4c(c3C23CCCCC3)C2(CCCCC2)c2c-4sc3c2C2(CCCCC2)C(C=C2C(=O)c4cc(F)c(F)cc4C2=O)=C3)C(=O)c2cc(F)c(F)cc21. The molecule has 0 aliphatic heterocycles. The average Bonchev–Trinajstić information content (AvgIpc) is 4.07. The highest BCUT2D eigenvalue weighted by atomic mass is 32.1. The summed E-state index contributed by atoms with van der Waals surface area (Å²) >= 11 is 3.62. The summed E-state index contributed by atoms with van der Waals surface area (Å²) in [6.07, 6.45) is 22.8. The Bertz CT molecular complexity index is 2600. The minimum Gasteiger partial charge on any atom is -0.288 e. The molecule has 8 aliphatic carbocycles. The van der Waals surface area contributed by atoms with Crippen molar-refractivity contribution in [1.29, 1.82) is 0 Å². The van der Waals surface area contributed by atoms with E-state index in [-0.39, 0.29) is 38.8 Å². The van der Waals surface area contributed by atoms with Crippen LogP contribution in [0.1, 0.15) is 170 Å². The molecule has 12 rings (SSSR count). The first-order valence-corrected chi connectivity index (χ1v) is 23.0. The second-order valence-corrected chi connectivity index (χ2v) is 20.4. The zero-order valence-corrected chi connectivity index (χ0v) is 34.3. The molecular formula is C50H38F4O4S2. The summed E-state index contributed by atoms with van der Waals surface area (Å²) in [5, 5.41) is 0. The van der Waals surface area contributed by atoms with Gasteiger partial charge in [0.2, 0.25) is 0 Å². The molecule has 60 heavy (non-hydrogen) atoms. The number of fused-ring (bicyclic) bond motifs is 13. The summed E-state index contributed by atoms with van der Waals surface area (Å²) in [7, 11) is 0. The van der Waals surface area contributed by atoms with Crippen LogP contribution in [0.4, 0.5) is 17.6 Å². The summed E-state index contributed by atoms with van der Waals surface area (Å²) in [4.78, 5) is 59.8. The molecule has 8 aliphatic rings. The highest BCUT2D eigenvalue weighted by Gasteiger charge is 2.58. The molecule has 3 spiro atoms. The van der Waals surface area contributed by atoms with Gasteiger partial charge >= 0.3 is 0 Å². The van der Waals surface area contributed by atoms with E-state index in [1.807, 2.05) is 22.7 Å². The van der Waals surface area contributed by atoms with Crippen LogP contribution < -0.4 is 0 Å². The van der Waals surface area contributed by atoms with E-state index in [1.54, 1.807) is 12.2 Å². The standard InChI is InChI=1S/C50H38F4O4S2/c51-32-20-26-27(21-33(32)52)43(56)30(42(26)55)16-24-18-36-38(48(24)10-4-1-5-11-48)40-46(59-36)47-41(50(40)14-8-3-9-15-50)39-37(60-47)19-25(49(39)12-6-2-7-13-49)17-31-44(57)28-22-34(53)35(54)23-29(28)45(31)58/h16-23H,1-15H2. The van der Waals surface area contributed by atoms with Crippen molar-refractivity contribution in [1.82, 2.24) is 0 Å². The lowest BCUT2D eigenvalue weighted by Gasteiger charge is -2.44. The van der Waals surface area contributed by atoms with E-state index in [9.17, 15) is 36.7 Å². The molecule has 0 amide bonds. The fourth-order valence-electron chi connectivity index (χ4n) is 12.9. The molecule has 0 bridgehead atoms. The highest BCUT2D eigenvalue weighted by molar-refractivity contribution is 7.23. The fourth-order valence-corrected chi connectivity index (χ4v) is 15.9. The molecule has 4 aromatic rings. The third-order valence-corrected chi connectivity index (χ3v) is 17.9. The van der Waals surface area contributed by atoms with Crippen molar-refractivity contribution < 1.29 is 36.7 Å². The number of ketones is 4. The lowest BCUT2D eigenvalue weighted by molar-refractivity contribution is 0.0972. The maximum atomic E-state index is 14.3. The number of Topliss-reactive ketones (excluding diaryl/α,β-unsaturated/α-hetero) is 4. The second kappa shape index (κ2) is 12.6. The van der Waals surface area contributed by atoms with Crippen LogP contribution in [0.5, 0.6) is 0 Å². The summed E-state index contributed by atoms with van der Waals surface area (Å²) in [6.45, 7) is 0. The summed E-state index contributed by atoms with van der Waals surface area (Å²) in [6, 6.07) is 3.39. The lowest BCUT2D eigenvalue weighted by atomic mass is 9.58. The molecular weight excluding hydrogens is 805 g/mol. The van der Waals surface area contributed by atoms with Crippen LogP contribution in [0.3, 0.4) is 0 Å². The third kappa shape index (κ3) is 4.62. The summed E-state index contributed by atoms with van der Waals surface area (Å²) in [5.41, 5.74) is 5.86. The number of halogens is 4. The highest BCUT2D eigenvalue weighted by Crippen LogP contribution is 2.71. The van der Waals surface area contributed by atoms with Gasteiger partial charge in [-0.25, -0.2) is 17.6 Å². The number of hydrogen-bond acceptors (Lipinski definition) is 6. The van der Waals surface area contributed by atoms with E-state index in [0.29, 0.717) is 0 Å². The maximum Gasteiger partial charge on any atom is 0.197 e. The Hall–Kier alpha value is -4.80. The molecule has 3 saturated carbocycles. The molecule has 0 radical (unpaired) electrons. The molecule has 0 unspecified atom stereocenters. The monoisotopic (exact) mass is 842 g/mol. The quantitative estimate of drug-likeness (QED) is 0.115. The van der Waals surface area contributed by atoms with Gasteiger partial charge in [-0.15, -0.1) is 22.7 Å². The van der Waals surface area contributed by atoms with Gasteiger partial charge in [0, 0.05) is 58.0 Å². The molecule has 4 nitrogen and oxygen atoms in total. The molecule has 2 aromatic carbocycles. The number of hydrogen-bond donors (Lipinski definition) is 0. The minimum absolute atomic E-state index is 0.0353. The van der Waals surface area contributed by atoms with Crippen molar-refractivity contribution in [3.05, 3.63) is 136 Å². The second-order valence-electron chi connectivity index (χ2n) is 18.3. The van der Waals surface area contributed by atoms with Crippen LogP contribution in [-0.2, 0) is 16.2 Å². The van der Waals surface area contributed by atoms with Crippen molar-refractivity contribution in [3.63, 3.8) is 0 Å². The Morgan fingerprint density at radius 3 is 1.03 bits per heavy atom. The van der Waals surface area contributed by atoms with Crippen LogP contribution in [0.15, 0.2) is 58.7 Å². The van der Waals surface area contributed by atoms with Gasteiger partial charge in [0.1, 0.15) is 0 Å². The zero-order valence-electron chi connectivity index (χ0n) is 32.7. The lowest BCUT2D eigenvalue weighted by Crippen LogP contribution is -2.37. The van der Waals surface area contributed by atoms with Crippen LogP contribution in [0, 0.1) is 23.3 Å². The third-order valence-electron chi connectivity index (χ3n) is 15.5. The van der Waals surface area contributed by atoms with Gasteiger partial charge < -0.3 is 0 Å². The smallest absolute Gasteiger partial charge is 0.197 e. The topological polar surface area (TPSA) is 68.3 Å². The Labute approximate surface area is 351 Å². The molecule has 2 aromatic heterocycles. The maximum absolute atomic E-state index is 14.3. The number of rotatable bonds is 2.